The van der Waals surface area contributed by atoms with Gasteiger partial charge < -0.3 is 9.51 Å². The molecule has 0 aromatic carbocycles. The summed E-state index contributed by atoms with van der Waals surface area (Å²) in [6.07, 6.45) is 6.99. The third kappa shape index (κ3) is 2.93. The fraction of sp³-hybridized carbons (Fsp3) is 0.500. The lowest BCUT2D eigenvalue weighted by Crippen LogP contribution is -2.25. The maximum Gasteiger partial charge on any atom is 0.356 e. The number of hydrogen-bond acceptors (Lipinski definition) is 3. The first kappa shape index (κ1) is 14.1. The van der Waals surface area contributed by atoms with Gasteiger partial charge >= 0.3 is 5.97 Å². The van der Waals surface area contributed by atoms with E-state index in [1.807, 2.05) is 29.7 Å². The monoisotopic (exact) mass is 287 g/mol. The highest BCUT2D eigenvalue weighted by molar-refractivity contribution is 5.93. The molecule has 21 heavy (non-hydrogen) atoms. The van der Waals surface area contributed by atoms with E-state index in [1.54, 1.807) is 0 Å². The van der Waals surface area contributed by atoms with Gasteiger partial charge in [-0.2, -0.15) is 0 Å². The van der Waals surface area contributed by atoms with Crippen LogP contribution in [0.25, 0.3) is 5.52 Å². The van der Waals surface area contributed by atoms with E-state index >= 15 is 0 Å². The summed E-state index contributed by atoms with van der Waals surface area (Å²) >= 11 is 0. The maximum atomic E-state index is 11.4. The molecule has 112 valence electrons. The van der Waals surface area contributed by atoms with Gasteiger partial charge in [0.2, 0.25) is 0 Å². The van der Waals surface area contributed by atoms with Crippen molar-refractivity contribution in [2.24, 2.45) is 0 Å². The Bertz CT molecular complexity index is 655. The number of fused-ring (bicyclic) bond motifs is 1. The highest BCUT2D eigenvalue weighted by Gasteiger charge is 2.19. The molecule has 3 heterocycles. The van der Waals surface area contributed by atoms with E-state index in [0.29, 0.717) is 5.52 Å². The maximum absolute atomic E-state index is 11.4. The van der Waals surface area contributed by atoms with Gasteiger partial charge in [0.1, 0.15) is 5.82 Å². The number of imidazole rings is 1. The first-order valence-electron chi connectivity index (χ1n) is 7.58. The summed E-state index contributed by atoms with van der Waals surface area (Å²) in [4.78, 5) is 18.1. The van der Waals surface area contributed by atoms with Crippen LogP contribution in [0.15, 0.2) is 18.3 Å². The Morgan fingerprint density at radius 1 is 1.24 bits per heavy atom. The van der Waals surface area contributed by atoms with Crippen LogP contribution in [0.1, 0.15) is 47.6 Å². The number of carboxylic acid groups (broad SMARTS) is 1. The summed E-state index contributed by atoms with van der Waals surface area (Å²) in [5.41, 5.74) is 1.94. The molecule has 0 bridgehead atoms. The normalized spacial score (nSPS) is 17.0. The molecule has 0 spiro atoms. The average Bonchev–Trinajstić information content (AvgIpc) is 2.63. The van der Waals surface area contributed by atoms with Crippen molar-refractivity contribution >= 4 is 11.5 Å². The van der Waals surface area contributed by atoms with Gasteiger partial charge in [-0.25, -0.2) is 9.78 Å². The molecule has 2 aromatic rings. The van der Waals surface area contributed by atoms with Crippen LogP contribution in [0.3, 0.4) is 0 Å². The van der Waals surface area contributed by atoms with Crippen LogP contribution < -0.4 is 0 Å². The van der Waals surface area contributed by atoms with Crippen molar-refractivity contribution in [2.45, 2.75) is 39.2 Å². The lowest BCUT2D eigenvalue weighted by molar-refractivity contribution is 0.0693. The number of nitrogens with zero attached hydrogens (tertiary/aromatic N) is 3. The van der Waals surface area contributed by atoms with Gasteiger partial charge in [-0.3, -0.25) is 4.90 Å². The Labute approximate surface area is 124 Å². The number of aryl methyl sites for hydroxylation is 1. The highest BCUT2D eigenvalue weighted by Crippen LogP contribution is 2.18. The van der Waals surface area contributed by atoms with Crippen LogP contribution in [0.4, 0.5) is 0 Å². The zero-order valence-corrected chi connectivity index (χ0v) is 12.4. The van der Waals surface area contributed by atoms with Crippen molar-refractivity contribution in [3.8, 4) is 0 Å². The molecule has 0 aliphatic carbocycles. The summed E-state index contributed by atoms with van der Waals surface area (Å²) in [6, 6.07) is 3.77. The largest absolute Gasteiger partial charge is 0.476 e. The fourth-order valence-corrected chi connectivity index (χ4v) is 3.02. The molecule has 1 fully saturated rings. The van der Waals surface area contributed by atoms with Gasteiger partial charge in [0.15, 0.2) is 5.69 Å². The van der Waals surface area contributed by atoms with E-state index in [9.17, 15) is 9.90 Å². The predicted octanol–water partition coefficient (Wildman–Crippen LogP) is 2.72. The van der Waals surface area contributed by atoms with Gasteiger partial charge in [0.25, 0.3) is 0 Å². The molecule has 0 saturated carbocycles. The molecule has 0 amide bonds. The van der Waals surface area contributed by atoms with E-state index < -0.39 is 5.97 Å². The molecule has 5 heteroatoms. The molecule has 3 rings (SSSR count). The minimum Gasteiger partial charge on any atom is -0.476 e. The smallest absolute Gasteiger partial charge is 0.356 e. The van der Waals surface area contributed by atoms with Crippen molar-refractivity contribution in [1.82, 2.24) is 14.3 Å². The molecule has 0 unspecified atom stereocenters. The van der Waals surface area contributed by atoms with Crippen LogP contribution in [0, 0.1) is 6.92 Å². The lowest BCUT2D eigenvalue weighted by Gasteiger charge is -2.18. The van der Waals surface area contributed by atoms with Crippen molar-refractivity contribution < 1.29 is 9.90 Å². The zero-order valence-electron chi connectivity index (χ0n) is 12.4. The first-order valence-corrected chi connectivity index (χ1v) is 7.58. The number of rotatable bonds is 3. The Morgan fingerprint density at radius 3 is 2.62 bits per heavy atom. The van der Waals surface area contributed by atoms with Gasteiger partial charge in [-0.1, -0.05) is 18.9 Å². The van der Waals surface area contributed by atoms with Crippen LogP contribution in [0.5, 0.6) is 0 Å². The molecule has 2 aromatic heterocycles. The lowest BCUT2D eigenvalue weighted by atomic mass is 10.2. The molecule has 1 aliphatic heterocycles. The second kappa shape index (κ2) is 5.85. The highest BCUT2D eigenvalue weighted by atomic mass is 16.4. The number of carbonyl (C=O) groups is 1. The first-order chi connectivity index (χ1) is 10.1. The second-order valence-electron chi connectivity index (χ2n) is 5.83. The van der Waals surface area contributed by atoms with E-state index in [1.165, 1.54) is 25.7 Å². The standard InChI is InChI=1S/C16H21N3O2/c1-12-6-7-13-15(16(20)21)17-14(19(13)10-12)11-18-8-4-2-3-5-9-18/h6-7,10H,2-5,8-9,11H2,1H3,(H,20,21). The number of hydrogen-bond donors (Lipinski definition) is 1. The fourth-order valence-electron chi connectivity index (χ4n) is 3.02. The number of pyridine rings is 1. The molecule has 0 radical (unpaired) electrons. The van der Waals surface area contributed by atoms with E-state index in [2.05, 4.69) is 9.88 Å². The zero-order chi connectivity index (χ0) is 14.8. The minimum absolute atomic E-state index is 0.153. The summed E-state index contributed by atoms with van der Waals surface area (Å²) in [7, 11) is 0. The van der Waals surface area contributed by atoms with Gasteiger partial charge in [0.05, 0.1) is 12.1 Å². The summed E-state index contributed by atoms with van der Waals surface area (Å²) in [5, 5.41) is 9.33. The molecular weight excluding hydrogens is 266 g/mol. The topological polar surface area (TPSA) is 57.8 Å². The van der Waals surface area contributed by atoms with E-state index in [0.717, 1.165) is 31.0 Å². The van der Waals surface area contributed by atoms with Crippen molar-refractivity contribution in [3.05, 3.63) is 35.4 Å². The Balaban J connectivity index is 1.96. The van der Waals surface area contributed by atoms with E-state index in [4.69, 9.17) is 0 Å². The molecule has 5 nitrogen and oxygen atoms in total. The number of likely N-dealkylation sites (tertiary alicyclic amines) is 1. The summed E-state index contributed by atoms with van der Waals surface area (Å²) < 4.78 is 1.93. The Hall–Kier alpha value is -1.88. The van der Waals surface area contributed by atoms with Crippen molar-refractivity contribution in [1.29, 1.82) is 0 Å². The third-order valence-corrected chi connectivity index (χ3v) is 4.12. The van der Waals surface area contributed by atoms with E-state index in [-0.39, 0.29) is 5.69 Å². The van der Waals surface area contributed by atoms with Crippen molar-refractivity contribution in [3.63, 3.8) is 0 Å². The number of aromatic nitrogens is 2. The quantitative estimate of drug-likeness (QED) is 0.943. The molecular formula is C16H21N3O2. The summed E-state index contributed by atoms with van der Waals surface area (Å²) in [5.74, 6) is -0.133. The van der Waals surface area contributed by atoms with Crippen LogP contribution >= 0.6 is 0 Å². The van der Waals surface area contributed by atoms with Crippen LogP contribution in [0.2, 0.25) is 0 Å². The van der Waals surface area contributed by atoms with Crippen LogP contribution in [-0.2, 0) is 6.54 Å². The van der Waals surface area contributed by atoms with Gasteiger partial charge in [-0.05, 0) is 44.5 Å². The van der Waals surface area contributed by atoms with Crippen LogP contribution in [-0.4, -0.2) is 38.4 Å². The minimum atomic E-state index is -0.960. The predicted molar refractivity (Wildman–Crippen MR) is 80.6 cm³/mol. The number of carboxylic acids is 1. The molecule has 1 aliphatic rings. The van der Waals surface area contributed by atoms with Gasteiger partial charge in [0, 0.05) is 6.20 Å². The average molecular weight is 287 g/mol. The molecule has 0 atom stereocenters. The molecule has 1 N–H and O–H groups in total. The van der Waals surface area contributed by atoms with Crippen molar-refractivity contribution in [2.75, 3.05) is 13.1 Å². The third-order valence-electron chi connectivity index (χ3n) is 4.12. The number of aromatic carboxylic acids is 1. The second-order valence-corrected chi connectivity index (χ2v) is 5.83. The summed E-state index contributed by atoms with van der Waals surface area (Å²) in [6.45, 7) is 4.87. The SMILES string of the molecule is Cc1ccc2c(C(=O)O)nc(CN3CCCCCC3)n2c1. The Kier molecular flexibility index (Phi) is 3.92. The Morgan fingerprint density at radius 2 is 1.95 bits per heavy atom. The molecule has 1 saturated heterocycles. The van der Waals surface area contributed by atoms with Gasteiger partial charge in [-0.15, -0.1) is 0 Å².